The normalized spacial score (nSPS) is 42.6. The van der Waals surface area contributed by atoms with E-state index >= 15 is 0 Å². The van der Waals surface area contributed by atoms with Crippen molar-refractivity contribution < 1.29 is 19.4 Å². The Kier molecular flexibility index (Phi) is 6.32. The van der Waals surface area contributed by atoms with Crippen molar-refractivity contribution in [2.75, 3.05) is 13.1 Å². The minimum atomic E-state index is -0.822. The van der Waals surface area contributed by atoms with Crippen LogP contribution in [0.3, 0.4) is 0 Å². The van der Waals surface area contributed by atoms with Gasteiger partial charge in [0.2, 0.25) is 0 Å². The van der Waals surface area contributed by atoms with Crippen LogP contribution in [0.4, 0.5) is 4.79 Å². The van der Waals surface area contributed by atoms with Gasteiger partial charge in [0.25, 0.3) is 0 Å². The lowest BCUT2D eigenvalue weighted by Crippen LogP contribution is -2.62. The van der Waals surface area contributed by atoms with Gasteiger partial charge in [0, 0.05) is 24.1 Å². The number of carbonyl (C=O) groups is 1. The highest BCUT2D eigenvalue weighted by Crippen LogP contribution is 2.70. The molecule has 194 valence electrons. The molecule has 0 saturated heterocycles. The Balaban J connectivity index is 1.37. The number of fused-ring (bicyclic) bond motifs is 5. The van der Waals surface area contributed by atoms with Crippen molar-refractivity contribution in [2.45, 2.75) is 95.6 Å². The SMILES string of the molecule is C[C@]12CC[C@H](N(CCCN)C(=O)O)C[C@H]1CC[C@@H]1[C@@H]2CC[C@]2(C)[C@@H](c3ccc(=O)oc3)CC[C@]12O. The van der Waals surface area contributed by atoms with Crippen LogP contribution in [-0.2, 0) is 0 Å². The van der Waals surface area contributed by atoms with Gasteiger partial charge in [-0.3, -0.25) is 0 Å². The summed E-state index contributed by atoms with van der Waals surface area (Å²) < 4.78 is 5.20. The van der Waals surface area contributed by atoms with Crippen molar-refractivity contribution >= 4 is 6.09 Å². The highest BCUT2D eigenvalue weighted by atomic mass is 16.4. The Morgan fingerprint density at radius 2 is 1.91 bits per heavy atom. The summed E-state index contributed by atoms with van der Waals surface area (Å²) in [7, 11) is 0. The molecule has 35 heavy (non-hydrogen) atoms. The largest absolute Gasteiger partial charge is 0.465 e. The number of hydrogen-bond donors (Lipinski definition) is 3. The van der Waals surface area contributed by atoms with E-state index in [1.807, 2.05) is 6.07 Å². The van der Waals surface area contributed by atoms with Gasteiger partial charge in [-0.15, -0.1) is 0 Å². The second-order valence-corrected chi connectivity index (χ2v) is 12.4. The zero-order chi connectivity index (χ0) is 25.0. The number of aliphatic hydroxyl groups is 1. The maximum atomic E-state index is 12.4. The predicted octanol–water partition coefficient (Wildman–Crippen LogP) is 4.58. The predicted molar refractivity (Wildman–Crippen MR) is 133 cm³/mol. The van der Waals surface area contributed by atoms with Gasteiger partial charge in [0.1, 0.15) is 0 Å². The molecule has 0 spiro atoms. The Labute approximate surface area is 208 Å². The van der Waals surface area contributed by atoms with E-state index in [1.165, 1.54) is 6.07 Å². The topological polar surface area (TPSA) is 117 Å². The molecular formula is C28H42N2O5. The third-order valence-electron chi connectivity index (χ3n) is 11.2. The van der Waals surface area contributed by atoms with Gasteiger partial charge in [-0.05, 0) is 111 Å². The summed E-state index contributed by atoms with van der Waals surface area (Å²) in [6, 6.07) is 3.47. The third-order valence-corrected chi connectivity index (χ3v) is 11.2. The van der Waals surface area contributed by atoms with Crippen LogP contribution >= 0.6 is 0 Å². The van der Waals surface area contributed by atoms with Crippen molar-refractivity contribution in [3.8, 4) is 0 Å². The Morgan fingerprint density at radius 1 is 1.11 bits per heavy atom. The Morgan fingerprint density at radius 3 is 2.60 bits per heavy atom. The van der Waals surface area contributed by atoms with E-state index in [9.17, 15) is 19.8 Å². The van der Waals surface area contributed by atoms with E-state index in [0.717, 1.165) is 63.4 Å². The summed E-state index contributed by atoms with van der Waals surface area (Å²) in [6.45, 7) is 5.72. The van der Waals surface area contributed by atoms with Crippen LogP contribution in [0.15, 0.2) is 27.6 Å². The first kappa shape index (κ1) is 24.8. The van der Waals surface area contributed by atoms with Crippen LogP contribution in [0.25, 0.3) is 0 Å². The molecular weight excluding hydrogens is 444 g/mol. The molecule has 7 nitrogen and oxygen atoms in total. The Bertz CT molecular complexity index is 991. The first-order valence-electron chi connectivity index (χ1n) is 13.6. The van der Waals surface area contributed by atoms with Gasteiger partial charge in [-0.2, -0.15) is 0 Å². The zero-order valence-electron chi connectivity index (χ0n) is 21.2. The molecule has 0 radical (unpaired) electrons. The van der Waals surface area contributed by atoms with E-state index in [1.54, 1.807) is 11.2 Å². The van der Waals surface area contributed by atoms with Crippen molar-refractivity contribution in [1.29, 1.82) is 0 Å². The maximum Gasteiger partial charge on any atom is 0.407 e. The number of nitrogens with zero attached hydrogens (tertiary/aromatic N) is 1. The van der Waals surface area contributed by atoms with Crippen molar-refractivity contribution in [3.05, 3.63) is 34.4 Å². The van der Waals surface area contributed by atoms with E-state index in [0.29, 0.717) is 31.3 Å². The van der Waals surface area contributed by atoms with E-state index in [-0.39, 0.29) is 34.3 Å². The summed E-state index contributed by atoms with van der Waals surface area (Å²) in [5, 5.41) is 22.2. The average Bonchev–Trinajstić information content (AvgIpc) is 3.11. The van der Waals surface area contributed by atoms with Crippen molar-refractivity contribution in [3.63, 3.8) is 0 Å². The minimum Gasteiger partial charge on any atom is -0.465 e. The van der Waals surface area contributed by atoms with Crippen LogP contribution in [0.1, 0.15) is 89.5 Å². The average molecular weight is 487 g/mol. The van der Waals surface area contributed by atoms with Crippen molar-refractivity contribution in [2.24, 2.45) is 34.3 Å². The van der Waals surface area contributed by atoms with Crippen LogP contribution in [0, 0.1) is 28.6 Å². The van der Waals surface area contributed by atoms with Gasteiger partial charge in [-0.1, -0.05) is 13.8 Å². The molecule has 0 bridgehead atoms. The lowest BCUT2D eigenvalue weighted by atomic mass is 9.43. The smallest absolute Gasteiger partial charge is 0.407 e. The highest BCUT2D eigenvalue weighted by Gasteiger charge is 2.67. The third kappa shape index (κ3) is 3.76. The molecule has 5 rings (SSSR count). The van der Waals surface area contributed by atoms with Crippen LogP contribution < -0.4 is 11.4 Å². The number of rotatable bonds is 5. The quantitative estimate of drug-likeness (QED) is 0.561. The first-order chi connectivity index (χ1) is 16.6. The molecule has 0 unspecified atom stereocenters. The number of nitrogens with two attached hydrogens (primary N) is 1. The number of amides is 1. The second-order valence-electron chi connectivity index (χ2n) is 12.4. The standard InChI is InChI=1S/C28H42N2O5/c1-26-11-8-20(30(25(32)33)15-3-14-29)16-19(26)5-6-23-22(26)9-12-27(2)21(10-13-28(23,27)34)18-4-7-24(31)35-17-18/h4,7,17,19-23,34H,3,5-6,8-16,29H2,1-2H3,(H,32,33)/t19-,20+,21-,22+,23-,26+,27-,28+/m1/s1. The molecule has 1 aromatic rings. The molecule has 4 saturated carbocycles. The van der Waals surface area contributed by atoms with Crippen LogP contribution in [0.5, 0.6) is 0 Å². The lowest BCUT2D eigenvalue weighted by molar-refractivity contribution is -0.203. The molecule has 7 heteroatoms. The summed E-state index contributed by atoms with van der Waals surface area (Å²) >= 11 is 0. The molecule has 4 fully saturated rings. The first-order valence-corrected chi connectivity index (χ1v) is 13.6. The van der Waals surface area contributed by atoms with E-state index < -0.39 is 11.7 Å². The summed E-state index contributed by atoms with van der Waals surface area (Å²) in [4.78, 5) is 25.1. The molecule has 4 N–H and O–H groups in total. The van der Waals surface area contributed by atoms with Crippen LogP contribution in [-0.4, -0.2) is 45.9 Å². The monoisotopic (exact) mass is 486 g/mol. The fourth-order valence-electron chi connectivity index (χ4n) is 9.28. The molecule has 1 heterocycles. The van der Waals surface area contributed by atoms with Crippen LogP contribution in [0.2, 0.25) is 0 Å². The van der Waals surface area contributed by atoms with Crippen molar-refractivity contribution in [1.82, 2.24) is 4.90 Å². The van der Waals surface area contributed by atoms with Gasteiger partial charge in [0.15, 0.2) is 0 Å². The molecule has 4 aliphatic carbocycles. The Hall–Kier alpha value is -1.86. The van der Waals surface area contributed by atoms with Gasteiger partial charge in [0.05, 0.1) is 11.9 Å². The minimum absolute atomic E-state index is 0.0780. The molecule has 8 atom stereocenters. The molecule has 1 aromatic heterocycles. The zero-order valence-corrected chi connectivity index (χ0v) is 21.2. The summed E-state index contributed by atoms with van der Waals surface area (Å²) in [6.07, 6.45) is 10.2. The highest BCUT2D eigenvalue weighted by molar-refractivity contribution is 5.65. The lowest BCUT2D eigenvalue weighted by Gasteiger charge is -2.64. The molecule has 4 aliphatic rings. The summed E-state index contributed by atoms with van der Waals surface area (Å²) in [5.74, 6) is 1.43. The van der Waals surface area contributed by atoms with E-state index in [4.69, 9.17) is 10.2 Å². The fourth-order valence-corrected chi connectivity index (χ4v) is 9.28. The van der Waals surface area contributed by atoms with E-state index in [2.05, 4.69) is 13.8 Å². The molecule has 1 amide bonds. The number of hydrogen-bond acceptors (Lipinski definition) is 5. The number of carboxylic acid groups (broad SMARTS) is 1. The van der Waals surface area contributed by atoms with Gasteiger partial charge >= 0.3 is 11.7 Å². The summed E-state index contributed by atoms with van der Waals surface area (Å²) in [5.41, 5.74) is 5.57. The van der Waals surface area contributed by atoms with Gasteiger partial charge in [-0.25, -0.2) is 9.59 Å². The van der Waals surface area contributed by atoms with Gasteiger partial charge < -0.3 is 25.3 Å². The maximum absolute atomic E-state index is 12.4. The fraction of sp³-hybridized carbons (Fsp3) is 0.786. The molecule has 0 aliphatic heterocycles. The second kappa shape index (κ2) is 8.91. The molecule has 0 aromatic carbocycles.